The van der Waals surface area contributed by atoms with E-state index in [1.165, 1.54) is 5.56 Å². The molecule has 0 N–H and O–H groups in total. The molecule has 1 radical (unpaired) electrons. The number of fused-ring (bicyclic) bond motifs is 1. The molecule has 0 aliphatic carbocycles. The first-order valence-electron chi connectivity index (χ1n) is 9.27. The summed E-state index contributed by atoms with van der Waals surface area (Å²) in [7, 11) is 0. The smallest absolute Gasteiger partial charge is 0.149 e. The summed E-state index contributed by atoms with van der Waals surface area (Å²) in [6, 6.07) is 24.5. The Morgan fingerprint density at radius 3 is 2.43 bits per heavy atom. The third-order valence-corrected chi connectivity index (χ3v) is 5.23. The predicted molar refractivity (Wildman–Crippen MR) is 116 cm³/mol. The van der Waals surface area contributed by atoms with Gasteiger partial charge in [-0.25, -0.2) is 0 Å². The number of pyridine rings is 1. The predicted octanol–water partition coefficient (Wildman–Crippen LogP) is 6.55. The van der Waals surface area contributed by atoms with Crippen LogP contribution in [0.3, 0.4) is 0 Å². The molecule has 1 aromatic heterocycles. The van der Waals surface area contributed by atoms with Gasteiger partial charge in [-0.3, -0.25) is 4.98 Å². The van der Waals surface area contributed by atoms with Crippen LogP contribution in [0.1, 0.15) is 28.1 Å². The monoisotopic (exact) mass is 386 g/mol. The minimum absolute atomic E-state index is 0.491. The van der Waals surface area contributed by atoms with Gasteiger partial charge < -0.3 is 4.74 Å². The van der Waals surface area contributed by atoms with Crippen molar-refractivity contribution in [3.63, 3.8) is 0 Å². The Hall–Kier alpha value is -2.84. The third kappa shape index (κ3) is 3.88. The van der Waals surface area contributed by atoms with Gasteiger partial charge >= 0.3 is 0 Å². The van der Waals surface area contributed by atoms with Crippen molar-refractivity contribution < 1.29 is 4.74 Å². The summed E-state index contributed by atoms with van der Waals surface area (Å²) >= 11 is 6.33. The highest BCUT2D eigenvalue weighted by Crippen LogP contribution is 2.32. The van der Waals surface area contributed by atoms with Crippen LogP contribution < -0.4 is 4.74 Å². The number of aromatic nitrogens is 1. The minimum Gasteiger partial charge on any atom is -0.486 e. The maximum atomic E-state index is 6.33. The molecule has 0 bridgehead atoms. The van der Waals surface area contributed by atoms with Gasteiger partial charge in [-0.15, -0.1) is 0 Å². The van der Waals surface area contributed by atoms with Crippen LogP contribution in [0.5, 0.6) is 5.75 Å². The van der Waals surface area contributed by atoms with Gasteiger partial charge in [-0.1, -0.05) is 72.3 Å². The van der Waals surface area contributed by atoms with E-state index < -0.39 is 0 Å². The molecule has 3 heteroatoms. The van der Waals surface area contributed by atoms with Gasteiger partial charge in [-0.05, 0) is 49.1 Å². The first kappa shape index (κ1) is 18.5. The number of benzene rings is 3. The lowest BCUT2D eigenvalue weighted by Gasteiger charge is -2.15. The number of halogens is 1. The fourth-order valence-corrected chi connectivity index (χ4v) is 3.62. The summed E-state index contributed by atoms with van der Waals surface area (Å²) in [5, 5.41) is 2.91. The van der Waals surface area contributed by atoms with Crippen LogP contribution in [0.15, 0.2) is 72.8 Å². The van der Waals surface area contributed by atoms with E-state index in [4.69, 9.17) is 16.3 Å². The molecule has 139 valence electrons. The Labute approximate surface area is 170 Å². The summed E-state index contributed by atoms with van der Waals surface area (Å²) in [4.78, 5) is 4.62. The molecular weight excluding hydrogens is 366 g/mol. The van der Waals surface area contributed by atoms with Crippen molar-refractivity contribution >= 4 is 22.4 Å². The summed E-state index contributed by atoms with van der Waals surface area (Å²) in [5.74, 6) is 0.744. The van der Waals surface area contributed by atoms with Gasteiger partial charge in [0.25, 0.3) is 0 Å². The molecule has 3 aromatic carbocycles. The molecule has 2 nitrogen and oxygen atoms in total. The standard InChI is InChI=1S/C25H21ClNO/c1-17-23-15-20(14-21-10-6-7-11-24(21)26)12-13-22(23)25(18(2)27-17)28-16-19-8-4-3-5-9-19/h3-13,15H,2,14,16H2,1H3. The molecule has 4 rings (SSSR count). The first-order chi connectivity index (χ1) is 13.6. The van der Waals surface area contributed by atoms with E-state index >= 15 is 0 Å². The zero-order valence-electron chi connectivity index (χ0n) is 15.8. The second kappa shape index (κ2) is 8.04. The van der Waals surface area contributed by atoms with E-state index in [-0.39, 0.29) is 0 Å². The molecule has 1 heterocycles. The number of hydrogen-bond donors (Lipinski definition) is 0. The molecule has 0 unspecified atom stereocenters. The zero-order chi connectivity index (χ0) is 19.5. The second-order valence-corrected chi connectivity index (χ2v) is 7.30. The summed E-state index contributed by atoms with van der Waals surface area (Å²) in [6.45, 7) is 6.59. The van der Waals surface area contributed by atoms with Crippen molar-refractivity contribution in [2.24, 2.45) is 0 Å². The van der Waals surface area contributed by atoms with E-state index in [9.17, 15) is 0 Å². The van der Waals surface area contributed by atoms with Gasteiger partial charge in [0.15, 0.2) is 0 Å². The highest BCUT2D eigenvalue weighted by molar-refractivity contribution is 6.31. The van der Waals surface area contributed by atoms with Crippen molar-refractivity contribution in [2.75, 3.05) is 0 Å². The molecule has 0 aliphatic heterocycles. The first-order valence-corrected chi connectivity index (χ1v) is 9.65. The quantitative estimate of drug-likeness (QED) is 0.388. The van der Waals surface area contributed by atoms with E-state index in [0.717, 1.165) is 44.8 Å². The Kier molecular flexibility index (Phi) is 5.31. The van der Waals surface area contributed by atoms with Crippen LogP contribution in [0.25, 0.3) is 10.8 Å². The lowest BCUT2D eigenvalue weighted by atomic mass is 10.00. The second-order valence-electron chi connectivity index (χ2n) is 6.90. The van der Waals surface area contributed by atoms with E-state index in [1.807, 2.05) is 55.5 Å². The molecule has 0 saturated heterocycles. The summed E-state index contributed by atoms with van der Waals surface area (Å²) in [5.41, 5.74) is 5.04. The molecule has 28 heavy (non-hydrogen) atoms. The van der Waals surface area contributed by atoms with Crippen LogP contribution in [-0.2, 0) is 13.0 Å². The van der Waals surface area contributed by atoms with Crippen molar-refractivity contribution in [3.05, 3.63) is 113 Å². The number of rotatable bonds is 5. The van der Waals surface area contributed by atoms with Gasteiger partial charge in [0.05, 0.1) is 5.69 Å². The van der Waals surface area contributed by atoms with E-state index in [0.29, 0.717) is 12.3 Å². The Balaban J connectivity index is 1.68. The van der Waals surface area contributed by atoms with Gasteiger partial charge in [0, 0.05) is 21.5 Å². The van der Waals surface area contributed by atoms with E-state index in [1.54, 1.807) is 0 Å². The van der Waals surface area contributed by atoms with Crippen LogP contribution >= 0.6 is 11.6 Å². The topological polar surface area (TPSA) is 22.1 Å². The van der Waals surface area contributed by atoms with Crippen LogP contribution in [0, 0.1) is 13.8 Å². The van der Waals surface area contributed by atoms with Crippen molar-refractivity contribution in [1.82, 2.24) is 4.98 Å². The lowest BCUT2D eigenvalue weighted by Crippen LogP contribution is -2.01. The number of nitrogens with zero attached hydrogens (tertiary/aromatic N) is 1. The Morgan fingerprint density at radius 1 is 0.893 bits per heavy atom. The highest BCUT2D eigenvalue weighted by Gasteiger charge is 2.12. The number of aryl methyl sites for hydroxylation is 1. The van der Waals surface area contributed by atoms with Crippen LogP contribution in [0.2, 0.25) is 5.02 Å². The zero-order valence-corrected chi connectivity index (χ0v) is 16.5. The SMILES string of the molecule is [CH2]c1nc(C)c2cc(Cc3ccccc3Cl)ccc2c1OCc1ccccc1. The largest absolute Gasteiger partial charge is 0.486 e. The normalized spacial score (nSPS) is 11.0. The van der Waals surface area contributed by atoms with Gasteiger partial charge in [0.1, 0.15) is 12.4 Å². The van der Waals surface area contributed by atoms with Crippen molar-refractivity contribution in [2.45, 2.75) is 20.0 Å². The average Bonchev–Trinajstić information content (AvgIpc) is 2.70. The highest BCUT2D eigenvalue weighted by atomic mass is 35.5. The molecular formula is C25H21ClNO. The molecule has 0 spiro atoms. The van der Waals surface area contributed by atoms with E-state index in [2.05, 4.69) is 36.2 Å². The molecule has 0 amide bonds. The third-order valence-electron chi connectivity index (χ3n) is 4.86. The Morgan fingerprint density at radius 2 is 1.64 bits per heavy atom. The van der Waals surface area contributed by atoms with Crippen molar-refractivity contribution in [3.8, 4) is 5.75 Å². The fourth-order valence-electron chi connectivity index (χ4n) is 3.42. The average molecular weight is 387 g/mol. The summed E-state index contributed by atoms with van der Waals surface area (Å²) < 4.78 is 6.12. The number of ether oxygens (including phenoxy) is 1. The molecule has 0 aliphatic rings. The van der Waals surface area contributed by atoms with Gasteiger partial charge in [0.2, 0.25) is 0 Å². The van der Waals surface area contributed by atoms with Crippen LogP contribution in [-0.4, -0.2) is 4.98 Å². The van der Waals surface area contributed by atoms with Crippen LogP contribution in [0.4, 0.5) is 0 Å². The molecule has 0 atom stereocenters. The summed E-state index contributed by atoms with van der Waals surface area (Å²) in [6.07, 6.45) is 0.779. The maximum absolute atomic E-state index is 6.33. The van der Waals surface area contributed by atoms with Gasteiger partial charge in [-0.2, -0.15) is 0 Å². The number of hydrogen-bond acceptors (Lipinski definition) is 2. The maximum Gasteiger partial charge on any atom is 0.149 e. The minimum atomic E-state index is 0.491. The molecule has 0 saturated carbocycles. The molecule has 4 aromatic rings. The lowest BCUT2D eigenvalue weighted by molar-refractivity contribution is 0.307. The Bertz CT molecular complexity index is 1120. The fraction of sp³-hybridized carbons (Fsp3) is 0.120. The van der Waals surface area contributed by atoms with Crippen molar-refractivity contribution in [1.29, 1.82) is 0 Å². The molecule has 0 fully saturated rings.